The molecule has 0 saturated carbocycles. The predicted octanol–water partition coefficient (Wildman–Crippen LogP) is 2.02. The van der Waals surface area contributed by atoms with Crippen molar-refractivity contribution in [3.05, 3.63) is 29.8 Å². The first-order chi connectivity index (χ1) is 10.1. The van der Waals surface area contributed by atoms with Crippen LogP contribution in [0, 0.1) is 12.8 Å². The van der Waals surface area contributed by atoms with Crippen molar-refractivity contribution in [1.82, 2.24) is 10.6 Å². The third-order valence-corrected chi connectivity index (χ3v) is 4.55. The van der Waals surface area contributed by atoms with E-state index in [1.54, 1.807) is 0 Å². The van der Waals surface area contributed by atoms with Gasteiger partial charge in [0.2, 0.25) is 5.91 Å². The van der Waals surface area contributed by atoms with Crippen molar-refractivity contribution in [2.24, 2.45) is 5.92 Å². The highest BCUT2D eigenvalue weighted by Crippen LogP contribution is 2.33. The van der Waals surface area contributed by atoms with Crippen LogP contribution in [0.4, 0.5) is 0 Å². The molecule has 4 nitrogen and oxygen atoms in total. The molecular formula is C17H24N2O2. The smallest absolute Gasteiger partial charge is 0.225 e. The Hall–Kier alpha value is -1.55. The maximum Gasteiger partial charge on any atom is 0.225 e. The van der Waals surface area contributed by atoms with Crippen LogP contribution in [-0.4, -0.2) is 30.6 Å². The summed E-state index contributed by atoms with van der Waals surface area (Å²) in [6, 6.07) is 8.95. The van der Waals surface area contributed by atoms with Crippen molar-refractivity contribution in [3.63, 3.8) is 0 Å². The minimum absolute atomic E-state index is 0.0259. The van der Waals surface area contributed by atoms with Gasteiger partial charge in [0.05, 0.1) is 12.0 Å². The van der Waals surface area contributed by atoms with E-state index in [9.17, 15) is 4.79 Å². The lowest BCUT2D eigenvalue weighted by Crippen LogP contribution is -2.43. The van der Waals surface area contributed by atoms with E-state index in [4.69, 9.17) is 4.74 Å². The molecule has 1 aromatic carbocycles. The molecule has 0 aromatic heterocycles. The SMILES string of the molecule is Cc1ccc(OCC(C)NC(=O)C2CC3CCC2N3)cc1. The van der Waals surface area contributed by atoms with Crippen molar-refractivity contribution in [2.45, 2.75) is 51.2 Å². The minimum atomic E-state index is 0.0259. The molecule has 4 unspecified atom stereocenters. The number of benzene rings is 1. The van der Waals surface area contributed by atoms with Gasteiger partial charge in [0.1, 0.15) is 12.4 Å². The third kappa shape index (κ3) is 3.38. The van der Waals surface area contributed by atoms with E-state index in [0.29, 0.717) is 18.7 Å². The summed E-state index contributed by atoms with van der Waals surface area (Å²) in [7, 11) is 0. The van der Waals surface area contributed by atoms with Crippen molar-refractivity contribution < 1.29 is 9.53 Å². The molecule has 2 fully saturated rings. The third-order valence-electron chi connectivity index (χ3n) is 4.55. The van der Waals surface area contributed by atoms with E-state index in [1.807, 2.05) is 31.2 Å². The zero-order chi connectivity index (χ0) is 14.8. The van der Waals surface area contributed by atoms with Crippen LogP contribution in [0.25, 0.3) is 0 Å². The van der Waals surface area contributed by atoms with Crippen molar-refractivity contribution in [3.8, 4) is 5.75 Å². The van der Waals surface area contributed by atoms with Crippen LogP contribution in [0.5, 0.6) is 5.75 Å². The lowest BCUT2D eigenvalue weighted by Gasteiger charge is -2.22. The van der Waals surface area contributed by atoms with E-state index < -0.39 is 0 Å². The maximum atomic E-state index is 12.3. The summed E-state index contributed by atoms with van der Waals surface area (Å²) in [4.78, 5) is 12.3. The van der Waals surface area contributed by atoms with Gasteiger partial charge in [-0.2, -0.15) is 0 Å². The number of aryl methyl sites for hydroxylation is 1. The largest absolute Gasteiger partial charge is 0.491 e. The monoisotopic (exact) mass is 288 g/mol. The van der Waals surface area contributed by atoms with Gasteiger partial charge in [-0.05, 0) is 45.2 Å². The predicted molar refractivity (Wildman–Crippen MR) is 82.3 cm³/mol. The van der Waals surface area contributed by atoms with E-state index in [-0.39, 0.29) is 17.9 Å². The quantitative estimate of drug-likeness (QED) is 0.871. The van der Waals surface area contributed by atoms with E-state index >= 15 is 0 Å². The van der Waals surface area contributed by atoms with Gasteiger partial charge in [-0.3, -0.25) is 4.79 Å². The van der Waals surface area contributed by atoms with Crippen LogP contribution in [0.1, 0.15) is 31.7 Å². The molecule has 0 aliphatic carbocycles. The van der Waals surface area contributed by atoms with Crippen LogP contribution >= 0.6 is 0 Å². The molecule has 2 aliphatic rings. The normalized spacial score (nSPS) is 28.4. The highest BCUT2D eigenvalue weighted by atomic mass is 16.5. The van der Waals surface area contributed by atoms with Crippen LogP contribution in [0.2, 0.25) is 0 Å². The molecule has 2 N–H and O–H groups in total. The molecule has 4 atom stereocenters. The number of amides is 1. The summed E-state index contributed by atoms with van der Waals surface area (Å²) >= 11 is 0. The highest BCUT2D eigenvalue weighted by Gasteiger charge is 2.42. The Morgan fingerprint density at radius 3 is 2.76 bits per heavy atom. The second kappa shape index (κ2) is 6.06. The van der Waals surface area contributed by atoms with Crippen LogP contribution in [0.15, 0.2) is 24.3 Å². The maximum absolute atomic E-state index is 12.3. The molecule has 2 heterocycles. The Morgan fingerprint density at radius 2 is 2.14 bits per heavy atom. The summed E-state index contributed by atoms with van der Waals surface area (Å²) in [6.07, 6.45) is 3.35. The van der Waals surface area contributed by atoms with Gasteiger partial charge >= 0.3 is 0 Å². The average molecular weight is 288 g/mol. The number of carbonyl (C=O) groups is 1. The number of ether oxygens (including phenoxy) is 1. The number of hydrogen-bond donors (Lipinski definition) is 2. The standard InChI is InChI=1S/C17H24N2O2/c1-11-3-6-14(7-4-11)21-10-12(2)18-17(20)15-9-13-5-8-16(15)19-13/h3-4,6-7,12-13,15-16,19H,5,8-10H2,1-2H3,(H,18,20). The number of rotatable bonds is 5. The Bertz CT molecular complexity index is 500. The minimum Gasteiger partial charge on any atom is -0.491 e. The molecule has 21 heavy (non-hydrogen) atoms. The van der Waals surface area contributed by atoms with Gasteiger partial charge in [-0.15, -0.1) is 0 Å². The lowest BCUT2D eigenvalue weighted by molar-refractivity contribution is -0.126. The Morgan fingerprint density at radius 1 is 1.38 bits per heavy atom. The van der Waals surface area contributed by atoms with Crippen molar-refractivity contribution in [1.29, 1.82) is 0 Å². The molecule has 2 saturated heterocycles. The molecule has 1 amide bonds. The second-order valence-corrected chi connectivity index (χ2v) is 6.42. The Labute approximate surface area is 126 Å². The highest BCUT2D eigenvalue weighted by molar-refractivity contribution is 5.80. The first-order valence-electron chi connectivity index (χ1n) is 7.87. The lowest BCUT2D eigenvalue weighted by atomic mass is 9.88. The fourth-order valence-electron chi connectivity index (χ4n) is 3.36. The van der Waals surface area contributed by atoms with Gasteiger partial charge in [0.25, 0.3) is 0 Å². The fraction of sp³-hybridized carbons (Fsp3) is 0.588. The van der Waals surface area contributed by atoms with Crippen LogP contribution < -0.4 is 15.4 Å². The topological polar surface area (TPSA) is 50.4 Å². The zero-order valence-electron chi connectivity index (χ0n) is 12.8. The molecule has 1 aromatic rings. The fourth-order valence-corrected chi connectivity index (χ4v) is 3.36. The van der Waals surface area contributed by atoms with Crippen LogP contribution in [-0.2, 0) is 4.79 Å². The zero-order valence-corrected chi connectivity index (χ0v) is 12.8. The summed E-state index contributed by atoms with van der Waals surface area (Å²) in [5, 5.41) is 6.59. The van der Waals surface area contributed by atoms with Crippen molar-refractivity contribution in [2.75, 3.05) is 6.61 Å². The number of nitrogens with one attached hydrogen (secondary N) is 2. The van der Waals surface area contributed by atoms with Gasteiger partial charge in [0, 0.05) is 12.1 Å². The Balaban J connectivity index is 1.44. The number of carbonyl (C=O) groups excluding carboxylic acids is 1. The Kier molecular flexibility index (Phi) is 4.15. The second-order valence-electron chi connectivity index (χ2n) is 6.42. The summed E-state index contributed by atoms with van der Waals surface area (Å²) in [5.74, 6) is 1.17. The molecule has 2 bridgehead atoms. The summed E-state index contributed by atoms with van der Waals surface area (Å²) < 4.78 is 5.72. The molecule has 2 aliphatic heterocycles. The first-order valence-corrected chi connectivity index (χ1v) is 7.87. The number of hydrogen-bond acceptors (Lipinski definition) is 3. The molecule has 4 heteroatoms. The van der Waals surface area contributed by atoms with E-state index in [0.717, 1.165) is 18.6 Å². The molecular weight excluding hydrogens is 264 g/mol. The molecule has 114 valence electrons. The average Bonchev–Trinajstić information content (AvgIpc) is 3.09. The summed E-state index contributed by atoms with van der Waals surface area (Å²) in [5.41, 5.74) is 1.22. The molecule has 0 spiro atoms. The summed E-state index contributed by atoms with van der Waals surface area (Å²) in [6.45, 7) is 4.55. The van der Waals surface area contributed by atoms with E-state index in [2.05, 4.69) is 17.6 Å². The van der Waals surface area contributed by atoms with Gasteiger partial charge in [0.15, 0.2) is 0 Å². The number of fused-ring (bicyclic) bond motifs is 2. The van der Waals surface area contributed by atoms with Gasteiger partial charge < -0.3 is 15.4 Å². The van der Waals surface area contributed by atoms with Gasteiger partial charge in [-0.1, -0.05) is 17.7 Å². The van der Waals surface area contributed by atoms with Crippen LogP contribution in [0.3, 0.4) is 0 Å². The van der Waals surface area contributed by atoms with E-state index in [1.165, 1.54) is 12.0 Å². The van der Waals surface area contributed by atoms with Gasteiger partial charge in [-0.25, -0.2) is 0 Å². The molecule has 0 radical (unpaired) electrons. The first kappa shape index (κ1) is 14.4. The van der Waals surface area contributed by atoms with Crippen molar-refractivity contribution >= 4 is 5.91 Å². The molecule has 3 rings (SSSR count).